The molecule has 64 heavy (non-hydrogen) atoms. The minimum absolute atomic E-state index is 0.00843. The number of benzene rings is 8. The third-order valence-corrected chi connectivity index (χ3v) is 12.1. The van der Waals surface area contributed by atoms with Crippen molar-refractivity contribution in [2.75, 3.05) is 0 Å². The summed E-state index contributed by atoms with van der Waals surface area (Å²) in [6, 6.07) is 46.8. The summed E-state index contributed by atoms with van der Waals surface area (Å²) in [4.78, 5) is 0. The Kier molecular flexibility index (Phi) is 9.35. The molecule has 0 atom stereocenters. The molecule has 2 aromatic heterocycles. The molecule has 0 amide bonds. The molecule has 10 aromatic rings. The SMILES string of the molecule is Cc1cc(C)cc(-c2ccc3c4ccccc4n(-c4cc(-c5ccc(C(F)(F)F)cc5C(F)(F)F)c(-n5c6ccccc6c6ccc(-c7cc(C)cc(C)c7)cc65)cc4C#N)c3c2)c1. The molecule has 10 rings (SSSR count). The maximum Gasteiger partial charge on any atom is 0.417 e. The zero-order chi connectivity index (χ0) is 44.8. The molecule has 0 fully saturated rings. The number of rotatable bonds is 5. The summed E-state index contributed by atoms with van der Waals surface area (Å²) in [7, 11) is 0. The van der Waals surface area contributed by atoms with Crippen molar-refractivity contribution >= 4 is 43.6 Å². The van der Waals surface area contributed by atoms with Crippen molar-refractivity contribution in [2.24, 2.45) is 0 Å². The van der Waals surface area contributed by atoms with Crippen LogP contribution in [0.15, 0.2) is 152 Å². The smallest absolute Gasteiger partial charge is 0.309 e. The van der Waals surface area contributed by atoms with Gasteiger partial charge in [0.2, 0.25) is 0 Å². The van der Waals surface area contributed by atoms with Gasteiger partial charge in [-0.1, -0.05) is 125 Å². The number of alkyl halides is 6. The fourth-order valence-corrected chi connectivity index (χ4v) is 9.54. The van der Waals surface area contributed by atoms with Crippen LogP contribution in [-0.4, -0.2) is 9.13 Å². The molecule has 3 nitrogen and oxygen atoms in total. The number of hydrogen-bond donors (Lipinski definition) is 0. The van der Waals surface area contributed by atoms with E-state index in [1.165, 1.54) is 6.07 Å². The number of aromatic nitrogens is 2. The Morgan fingerprint density at radius 1 is 0.406 bits per heavy atom. The molecule has 0 radical (unpaired) electrons. The third kappa shape index (κ3) is 6.78. The summed E-state index contributed by atoms with van der Waals surface area (Å²) in [6.45, 7) is 8.05. The van der Waals surface area contributed by atoms with Gasteiger partial charge in [-0.15, -0.1) is 0 Å². The normalized spacial score (nSPS) is 12.2. The zero-order valence-corrected chi connectivity index (χ0v) is 35.0. The van der Waals surface area contributed by atoms with Gasteiger partial charge in [0.05, 0.1) is 50.1 Å². The van der Waals surface area contributed by atoms with Crippen LogP contribution in [0.4, 0.5) is 26.3 Å². The lowest BCUT2D eigenvalue weighted by molar-refractivity contribution is -0.142. The summed E-state index contributed by atoms with van der Waals surface area (Å²) in [6.07, 6.45) is -10.2. The van der Waals surface area contributed by atoms with Crippen molar-refractivity contribution in [3.8, 4) is 50.8 Å². The van der Waals surface area contributed by atoms with E-state index in [9.17, 15) is 18.4 Å². The van der Waals surface area contributed by atoms with Crippen molar-refractivity contribution in [3.05, 3.63) is 191 Å². The highest BCUT2D eigenvalue weighted by molar-refractivity contribution is 6.12. The molecule has 0 aliphatic carbocycles. The zero-order valence-electron chi connectivity index (χ0n) is 35.0. The monoisotopic (exact) mass is 853 g/mol. The van der Waals surface area contributed by atoms with Crippen molar-refractivity contribution in [3.63, 3.8) is 0 Å². The van der Waals surface area contributed by atoms with Crippen molar-refractivity contribution in [2.45, 2.75) is 40.0 Å². The van der Waals surface area contributed by atoms with Gasteiger partial charge in [-0.2, -0.15) is 31.6 Å². The van der Waals surface area contributed by atoms with Gasteiger partial charge in [0, 0.05) is 27.1 Å². The van der Waals surface area contributed by atoms with E-state index in [1.807, 2.05) is 122 Å². The fraction of sp³-hybridized carbons (Fsp3) is 0.109. The Morgan fingerprint density at radius 2 is 0.875 bits per heavy atom. The number of hydrogen-bond acceptors (Lipinski definition) is 1. The first kappa shape index (κ1) is 40.5. The molecule has 0 saturated carbocycles. The highest BCUT2D eigenvalue weighted by atomic mass is 19.4. The van der Waals surface area contributed by atoms with Gasteiger partial charge in [0.1, 0.15) is 6.07 Å². The topological polar surface area (TPSA) is 33.6 Å². The maximum absolute atomic E-state index is 15.4. The summed E-state index contributed by atoms with van der Waals surface area (Å²) < 4.78 is 92.4. The van der Waals surface area contributed by atoms with Crippen LogP contribution in [0, 0.1) is 39.0 Å². The standard InChI is InChI=1S/C55H37F6N3/c1-31-19-32(2)22-37(21-31)35-13-16-44-42-9-5-7-11-48(42)63(51(44)25-35)50-29-46(41-18-15-40(54(56,57)58)28-47(41)55(59,60)61)53(27-39(50)30-62)64-49-12-8-6-10-43(49)45-17-14-36(26-52(45)64)38-23-33(3)20-34(4)24-38/h5-29H,1-4H3. The lowest BCUT2D eigenvalue weighted by Crippen LogP contribution is -2.13. The molecule has 8 aromatic carbocycles. The summed E-state index contributed by atoms with van der Waals surface area (Å²) in [5.74, 6) is 0. The summed E-state index contributed by atoms with van der Waals surface area (Å²) >= 11 is 0. The van der Waals surface area contributed by atoms with Gasteiger partial charge < -0.3 is 9.13 Å². The van der Waals surface area contributed by atoms with Crippen LogP contribution in [-0.2, 0) is 12.4 Å². The Morgan fingerprint density at radius 3 is 1.34 bits per heavy atom. The first-order valence-electron chi connectivity index (χ1n) is 20.7. The van der Waals surface area contributed by atoms with Gasteiger partial charge in [0.25, 0.3) is 0 Å². The molecule has 0 aliphatic heterocycles. The molecule has 0 aliphatic rings. The number of nitrogens with zero attached hydrogens (tertiary/aromatic N) is 3. The predicted octanol–water partition coefficient (Wildman–Crippen LogP) is 16.0. The van der Waals surface area contributed by atoms with Crippen LogP contribution in [0.2, 0.25) is 0 Å². The van der Waals surface area contributed by atoms with Crippen LogP contribution < -0.4 is 0 Å². The van der Waals surface area contributed by atoms with Crippen LogP contribution in [0.1, 0.15) is 38.9 Å². The molecule has 0 saturated heterocycles. The van der Waals surface area contributed by atoms with E-state index in [4.69, 9.17) is 0 Å². The van der Waals surface area contributed by atoms with Crippen molar-refractivity contribution < 1.29 is 26.3 Å². The van der Waals surface area contributed by atoms with Gasteiger partial charge in [-0.3, -0.25) is 0 Å². The molecule has 0 unspecified atom stereocenters. The van der Waals surface area contributed by atoms with E-state index in [0.29, 0.717) is 28.1 Å². The molecule has 0 bridgehead atoms. The van der Waals surface area contributed by atoms with E-state index in [-0.39, 0.29) is 28.6 Å². The maximum atomic E-state index is 15.4. The number of aryl methyl sites for hydroxylation is 4. The number of halogens is 6. The van der Waals surface area contributed by atoms with Crippen LogP contribution in [0.3, 0.4) is 0 Å². The molecular formula is C55H37F6N3. The first-order valence-corrected chi connectivity index (χ1v) is 20.7. The van der Waals surface area contributed by atoms with Crippen LogP contribution >= 0.6 is 0 Å². The van der Waals surface area contributed by atoms with Crippen molar-refractivity contribution in [1.82, 2.24) is 9.13 Å². The van der Waals surface area contributed by atoms with Crippen molar-refractivity contribution in [1.29, 1.82) is 5.26 Å². The highest BCUT2D eigenvalue weighted by Gasteiger charge is 2.39. The quantitative estimate of drug-likeness (QED) is 0.159. The Hall–Kier alpha value is -7.57. The van der Waals surface area contributed by atoms with Gasteiger partial charge in [-0.25, -0.2) is 0 Å². The van der Waals surface area contributed by atoms with Gasteiger partial charge >= 0.3 is 12.4 Å². The van der Waals surface area contributed by atoms with E-state index in [0.717, 1.165) is 72.1 Å². The largest absolute Gasteiger partial charge is 0.417 e. The molecule has 314 valence electrons. The number of nitriles is 1. The lowest BCUT2D eigenvalue weighted by Gasteiger charge is -2.22. The first-order chi connectivity index (χ1) is 30.6. The number of para-hydroxylation sites is 2. The minimum atomic E-state index is -5.19. The van der Waals surface area contributed by atoms with E-state index in [1.54, 1.807) is 6.07 Å². The van der Waals surface area contributed by atoms with Crippen LogP contribution in [0.25, 0.3) is 88.4 Å². The second-order valence-electron chi connectivity index (χ2n) is 16.7. The second-order valence-corrected chi connectivity index (χ2v) is 16.7. The van der Waals surface area contributed by atoms with Gasteiger partial charge in [-0.05, 0) is 104 Å². The summed E-state index contributed by atoms with van der Waals surface area (Å²) in [5.41, 5.74) is 7.89. The minimum Gasteiger partial charge on any atom is -0.309 e. The summed E-state index contributed by atoms with van der Waals surface area (Å²) in [5, 5.41) is 14.5. The molecule has 2 heterocycles. The second kappa shape index (κ2) is 14.8. The Balaban J connectivity index is 1.35. The molecule has 0 N–H and O–H groups in total. The lowest BCUT2D eigenvalue weighted by atomic mass is 9.93. The van der Waals surface area contributed by atoms with E-state index >= 15 is 13.2 Å². The average molecular weight is 854 g/mol. The van der Waals surface area contributed by atoms with Crippen LogP contribution in [0.5, 0.6) is 0 Å². The van der Waals surface area contributed by atoms with Gasteiger partial charge in [0.15, 0.2) is 0 Å². The Labute approximate surface area is 364 Å². The Bertz CT molecular complexity index is 3560. The molecule has 9 heteroatoms. The third-order valence-electron chi connectivity index (χ3n) is 12.1. The fourth-order valence-electron chi connectivity index (χ4n) is 9.54. The molecular weight excluding hydrogens is 817 g/mol. The average Bonchev–Trinajstić information content (AvgIpc) is 3.76. The molecule has 0 spiro atoms. The van der Waals surface area contributed by atoms with E-state index < -0.39 is 29.0 Å². The predicted molar refractivity (Wildman–Crippen MR) is 245 cm³/mol. The highest BCUT2D eigenvalue weighted by Crippen LogP contribution is 2.47. The van der Waals surface area contributed by atoms with E-state index in [2.05, 4.69) is 42.5 Å². The number of fused-ring (bicyclic) bond motifs is 6.